The number of carbonyl (C=O) groups is 1. The molecule has 3 rings (SSSR count). The van der Waals surface area contributed by atoms with Gasteiger partial charge in [0.1, 0.15) is 6.54 Å². The molecule has 0 atom stereocenters. The lowest BCUT2D eigenvalue weighted by Gasteiger charge is -2.35. The lowest BCUT2D eigenvalue weighted by atomic mass is 10.1. The fourth-order valence-electron chi connectivity index (χ4n) is 2.32. The van der Waals surface area contributed by atoms with E-state index in [1.807, 2.05) is 60.5 Å². The summed E-state index contributed by atoms with van der Waals surface area (Å²) in [6.07, 6.45) is 0. The quantitative estimate of drug-likeness (QED) is 0.794. The predicted octanol–water partition coefficient (Wildman–Crippen LogP) is 2.38. The van der Waals surface area contributed by atoms with Crippen molar-refractivity contribution >= 4 is 28.7 Å². The molecule has 1 amide bonds. The number of carbonyl (C=O) groups excluding carboxylic acids is 1. The molecule has 4 nitrogen and oxygen atoms in total. The molecule has 0 unspecified atom stereocenters. The molecule has 0 spiro atoms. The monoisotopic (exact) mass is 253 g/mol. The Kier molecular flexibility index (Phi) is 2.63. The van der Waals surface area contributed by atoms with Crippen molar-refractivity contribution in [1.82, 2.24) is 0 Å². The topological polar surface area (TPSA) is 49.6 Å². The molecule has 0 radical (unpaired) electrons. The summed E-state index contributed by atoms with van der Waals surface area (Å²) in [5, 5.41) is 0. The van der Waals surface area contributed by atoms with E-state index >= 15 is 0 Å². The van der Waals surface area contributed by atoms with E-state index in [0.29, 0.717) is 6.54 Å². The van der Waals surface area contributed by atoms with Crippen LogP contribution in [0.3, 0.4) is 0 Å². The van der Waals surface area contributed by atoms with Crippen molar-refractivity contribution in [3.63, 3.8) is 0 Å². The lowest BCUT2D eigenvalue weighted by Crippen LogP contribution is -2.41. The molecule has 2 N–H and O–H groups in total. The minimum atomic E-state index is 0.0792. The number of rotatable bonds is 1. The van der Waals surface area contributed by atoms with E-state index in [-0.39, 0.29) is 5.91 Å². The maximum Gasteiger partial charge on any atom is 0.246 e. The van der Waals surface area contributed by atoms with Gasteiger partial charge in [0.2, 0.25) is 5.91 Å². The van der Waals surface area contributed by atoms with Crippen molar-refractivity contribution in [2.45, 2.75) is 0 Å². The molecule has 0 saturated heterocycles. The number of likely N-dealkylation sites (N-methyl/N-ethyl adjacent to an activating group) is 1. The Morgan fingerprint density at radius 2 is 1.63 bits per heavy atom. The fraction of sp³-hybridized carbons (Fsp3) is 0.133. The summed E-state index contributed by atoms with van der Waals surface area (Å²) in [6.45, 7) is 0.345. The van der Waals surface area contributed by atoms with Crippen molar-refractivity contribution in [1.29, 1.82) is 0 Å². The summed E-state index contributed by atoms with van der Waals surface area (Å²) in [4.78, 5) is 15.8. The summed E-state index contributed by atoms with van der Waals surface area (Å²) in [5.74, 6) is 0.0792. The molecule has 1 aliphatic heterocycles. The molecular weight excluding hydrogens is 238 g/mol. The van der Waals surface area contributed by atoms with Gasteiger partial charge in [-0.25, -0.2) is 0 Å². The van der Waals surface area contributed by atoms with Crippen molar-refractivity contribution in [2.75, 3.05) is 29.1 Å². The van der Waals surface area contributed by atoms with E-state index in [0.717, 1.165) is 22.7 Å². The Bertz CT molecular complexity index is 622. The number of anilines is 4. The molecule has 2 aromatic rings. The second-order valence-electron chi connectivity index (χ2n) is 4.62. The standard InChI is InChI=1S/C15H15N3O/c1-17-13-4-2-3-5-14(13)18(10-15(17)19)12-8-6-11(16)7-9-12/h2-9H,10,16H2,1H3. The average molecular weight is 253 g/mol. The van der Waals surface area contributed by atoms with Crippen LogP contribution in [0.5, 0.6) is 0 Å². The Morgan fingerprint density at radius 3 is 2.32 bits per heavy atom. The van der Waals surface area contributed by atoms with Crippen LogP contribution in [-0.4, -0.2) is 19.5 Å². The number of nitrogens with two attached hydrogens (primary N) is 1. The third kappa shape index (κ3) is 1.91. The normalized spacial score (nSPS) is 14.5. The van der Waals surface area contributed by atoms with Gasteiger partial charge in [0, 0.05) is 18.4 Å². The SMILES string of the molecule is CN1C(=O)CN(c2ccc(N)cc2)c2ccccc21. The van der Waals surface area contributed by atoms with Gasteiger partial charge in [-0.3, -0.25) is 4.79 Å². The van der Waals surface area contributed by atoms with Gasteiger partial charge < -0.3 is 15.5 Å². The number of benzene rings is 2. The third-order valence-electron chi connectivity index (χ3n) is 3.41. The van der Waals surface area contributed by atoms with Crippen LogP contribution >= 0.6 is 0 Å². The second-order valence-corrected chi connectivity index (χ2v) is 4.62. The summed E-state index contributed by atoms with van der Waals surface area (Å²) >= 11 is 0. The van der Waals surface area contributed by atoms with Crippen molar-refractivity contribution in [3.8, 4) is 0 Å². The first-order valence-electron chi connectivity index (χ1n) is 6.15. The number of amides is 1. The molecule has 1 heterocycles. The molecule has 0 bridgehead atoms. The highest BCUT2D eigenvalue weighted by molar-refractivity contribution is 6.04. The van der Waals surface area contributed by atoms with Gasteiger partial charge in [-0.15, -0.1) is 0 Å². The van der Waals surface area contributed by atoms with Gasteiger partial charge in [-0.1, -0.05) is 12.1 Å². The summed E-state index contributed by atoms with van der Waals surface area (Å²) in [5.41, 5.74) is 9.36. The second kappa shape index (κ2) is 4.31. The van der Waals surface area contributed by atoms with E-state index in [1.165, 1.54) is 0 Å². The number of hydrogen-bond donors (Lipinski definition) is 1. The lowest BCUT2D eigenvalue weighted by molar-refractivity contribution is -0.117. The van der Waals surface area contributed by atoms with Crippen LogP contribution in [0.1, 0.15) is 0 Å². The number of nitrogens with zero attached hydrogens (tertiary/aromatic N) is 2. The molecule has 0 aromatic heterocycles. The fourth-order valence-corrected chi connectivity index (χ4v) is 2.32. The molecule has 0 aliphatic carbocycles. The van der Waals surface area contributed by atoms with E-state index in [2.05, 4.69) is 0 Å². The van der Waals surface area contributed by atoms with Gasteiger partial charge >= 0.3 is 0 Å². The van der Waals surface area contributed by atoms with Gasteiger partial charge in [-0.2, -0.15) is 0 Å². The summed E-state index contributed by atoms with van der Waals surface area (Å²) in [6, 6.07) is 15.5. The van der Waals surface area contributed by atoms with Crippen LogP contribution in [0.15, 0.2) is 48.5 Å². The smallest absolute Gasteiger partial charge is 0.246 e. The zero-order valence-electron chi connectivity index (χ0n) is 10.7. The van der Waals surface area contributed by atoms with Gasteiger partial charge in [0.05, 0.1) is 11.4 Å². The van der Waals surface area contributed by atoms with Crippen molar-refractivity contribution < 1.29 is 4.79 Å². The Hall–Kier alpha value is -2.49. The van der Waals surface area contributed by atoms with E-state index in [1.54, 1.807) is 4.90 Å². The third-order valence-corrected chi connectivity index (χ3v) is 3.41. The number of para-hydroxylation sites is 2. The molecule has 19 heavy (non-hydrogen) atoms. The molecule has 0 saturated carbocycles. The first kappa shape index (κ1) is 11.6. The highest BCUT2D eigenvalue weighted by Gasteiger charge is 2.26. The van der Waals surface area contributed by atoms with E-state index in [4.69, 9.17) is 5.73 Å². The Labute approximate surface area is 112 Å². The predicted molar refractivity (Wildman–Crippen MR) is 77.7 cm³/mol. The zero-order chi connectivity index (χ0) is 13.4. The molecule has 1 aliphatic rings. The van der Waals surface area contributed by atoms with Crippen LogP contribution in [0.4, 0.5) is 22.7 Å². The highest BCUT2D eigenvalue weighted by atomic mass is 16.2. The number of fused-ring (bicyclic) bond motifs is 1. The summed E-state index contributed by atoms with van der Waals surface area (Å²) < 4.78 is 0. The maximum atomic E-state index is 12.1. The highest BCUT2D eigenvalue weighted by Crippen LogP contribution is 2.37. The molecular formula is C15H15N3O. The number of hydrogen-bond acceptors (Lipinski definition) is 3. The maximum absolute atomic E-state index is 12.1. The largest absolute Gasteiger partial charge is 0.399 e. The van der Waals surface area contributed by atoms with Crippen LogP contribution in [0, 0.1) is 0 Å². The minimum absolute atomic E-state index is 0.0792. The Morgan fingerprint density at radius 1 is 1.00 bits per heavy atom. The summed E-state index contributed by atoms with van der Waals surface area (Å²) in [7, 11) is 1.81. The molecule has 2 aromatic carbocycles. The zero-order valence-corrected chi connectivity index (χ0v) is 10.7. The Balaban J connectivity index is 2.10. The molecule has 0 fully saturated rings. The van der Waals surface area contributed by atoms with Crippen molar-refractivity contribution in [2.24, 2.45) is 0 Å². The van der Waals surface area contributed by atoms with E-state index < -0.39 is 0 Å². The van der Waals surface area contributed by atoms with Gasteiger partial charge in [-0.05, 0) is 36.4 Å². The average Bonchev–Trinajstić information content (AvgIpc) is 2.44. The van der Waals surface area contributed by atoms with Crippen LogP contribution in [-0.2, 0) is 4.79 Å². The van der Waals surface area contributed by atoms with Crippen molar-refractivity contribution in [3.05, 3.63) is 48.5 Å². The molecule has 96 valence electrons. The molecule has 4 heteroatoms. The van der Waals surface area contributed by atoms with E-state index in [9.17, 15) is 4.79 Å². The first-order valence-corrected chi connectivity index (χ1v) is 6.15. The van der Waals surface area contributed by atoms with Crippen LogP contribution < -0.4 is 15.5 Å². The first-order chi connectivity index (χ1) is 9.16. The number of nitrogen functional groups attached to an aromatic ring is 1. The van der Waals surface area contributed by atoms with Gasteiger partial charge in [0.25, 0.3) is 0 Å². The van der Waals surface area contributed by atoms with Crippen LogP contribution in [0.25, 0.3) is 0 Å². The minimum Gasteiger partial charge on any atom is -0.399 e. The van der Waals surface area contributed by atoms with Gasteiger partial charge in [0.15, 0.2) is 0 Å². The van der Waals surface area contributed by atoms with Crippen LogP contribution in [0.2, 0.25) is 0 Å².